The van der Waals surface area contributed by atoms with Gasteiger partial charge in [-0.15, -0.1) is 0 Å². The zero-order chi connectivity index (χ0) is 20.4. The van der Waals surface area contributed by atoms with Gasteiger partial charge in [0.1, 0.15) is 37.1 Å². The monoisotopic (exact) mass is 396 g/mol. The topological polar surface area (TPSA) is 27.7 Å². The largest absolute Gasteiger partial charge is 0.489 e. The van der Waals surface area contributed by atoms with Crippen molar-refractivity contribution >= 4 is 0 Å². The Morgan fingerprint density at radius 1 is 0.400 bits per heavy atom. The molecule has 0 aliphatic rings. The molecule has 0 unspecified atom stereocenters. The molecule has 4 aromatic carbocycles. The standard InChI is InChI=1S/C27H24O3/c1-4-10-25(11-5-1)28-19-22-16-17-23(20-29-26-12-6-2-7-13-26)24(18-22)21-30-27-14-8-3-9-15-27/h1-18H,19-21H2. The lowest BCUT2D eigenvalue weighted by Crippen LogP contribution is -2.06. The van der Waals surface area contributed by atoms with E-state index in [1.165, 1.54) is 0 Å². The lowest BCUT2D eigenvalue weighted by molar-refractivity contribution is 0.283. The van der Waals surface area contributed by atoms with E-state index in [-0.39, 0.29) is 0 Å². The van der Waals surface area contributed by atoms with Crippen molar-refractivity contribution in [2.75, 3.05) is 0 Å². The van der Waals surface area contributed by atoms with Gasteiger partial charge in [-0.3, -0.25) is 0 Å². The number of ether oxygens (including phenoxy) is 3. The van der Waals surface area contributed by atoms with Gasteiger partial charge in [0.2, 0.25) is 0 Å². The summed E-state index contributed by atoms with van der Waals surface area (Å²) < 4.78 is 17.9. The van der Waals surface area contributed by atoms with Crippen LogP contribution in [-0.2, 0) is 19.8 Å². The number of hydrogen-bond acceptors (Lipinski definition) is 3. The van der Waals surface area contributed by atoms with E-state index in [0.29, 0.717) is 19.8 Å². The van der Waals surface area contributed by atoms with Crippen LogP contribution in [0.2, 0.25) is 0 Å². The van der Waals surface area contributed by atoms with E-state index < -0.39 is 0 Å². The van der Waals surface area contributed by atoms with Crippen LogP contribution in [0.25, 0.3) is 0 Å². The molecule has 0 aliphatic carbocycles. The number of benzene rings is 4. The molecule has 0 amide bonds. The summed E-state index contributed by atoms with van der Waals surface area (Å²) in [5, 5.41) is 0. The molecule has 4 aromatic rings. The molecule has 0 radical (unpaired) electrons. The van der Waals surface area contributed by atoms with Gasteiger partial charge in [0, 0.05) is 0 Å². The molecule has 3 heteroatoms. The third-order valence-electron chi connectivity index (χ3n) is 4.69. The summed E-state index contributed by atoms with van der Waals surface area (Å²) in [6.45, 7) is 1.45. The van der Waals surface area contributed by atoms with Gasteiger partial charge in [0.05, 0.1) is 0 Å². The van der Waals surface area contributed by atoms with E-state index in [2.05, 4.69) is 18.2 Å². The maximum Gasteiger partial charge on any atom is 0.119 e. The third-order valence-corrected chi connectivity index (χ3v) is 4.69. The number of rotatable bonds is 9. The molecule has 0 aromatic heterocycles. The second-order valence-corrected chi connectivity index (χ2v) is 6.91. The smallest absolute Gasteiger partial charge is 0.119 e. The second-order valence-electron chi connectivity index (χ2n) is 6.91. The highest BCUT2D eigenvalue weighted by Crippen LogP contribution is 2.20. The van der Waals surface area contributed by atoms with Crippen molar-refractivity contribution in [3.8, 4) is 17.2 Å². The first-order valence-electron chi connectivity index (χ1n) is 10.0. The van der Waals surface area contributed by atoms with Gasteiger partial charge in [0.15, 0.2) is 0 Å². The van der Waals surface area contributed by atoms with Crippen molar-refractivity contribution in [1.82, 2.24) is 0 Å². The molecular formula is C27H24O3. The summed E-state index contributed by atoms with van der Waals surface area (Å²) in [5.74, 6) is 2.55. The molecule has 0 heterocycles. The Morgan fingerprint density at radius 3 is 1.33 bits per heavy atom. The van der Waals surface area contributed by atoms with Gasteiger partial charge in [-0.05, 0) is 59.2 Å². The maximum absolute atomic E-state index is 6.01. The predicted octanol–water partition coefficient (Wildman–Crippen LogP) is 6.42. The van der Waals surface area contributed by atoms with Crippen LogP contribution in [0.15, 0.2) is 109 Å². The quantitative estimate of drug-likeness (QED) is 0.326. The van der Waals surface area contributed by atoms with Crippen LogP contribution in [0.1, 0.15) is 16.7 Å². The Labute approximate surface area is 177 Å². The average molecular weight is 396 g/mol. The number of hydrogen-bond donors (Lipinski definition) is 0. The van der Waals surface area contributed by atoms with Crippen LogP contribution in [0, 0.1) is 0 Å². The van der Waals surface area contributed by atoms with Crippen LogP contribution < -0.4 is 14.2 Å². The zero-order valence-electron chi connectivity index (χ0n) is 16.7. The Bertz CT molecular complexity index is 1030. The SMILES string of the molecule is c1ccc(OCc2ccc(COc3ccccc3)c(COc3ccccc3)c2)cc1. The first kappa shape index (κ1) is 19.6. The summed E-state index contributed by atoms with van der Waals surface area (Å²) >= 11 is 0. The Balaban J connectivity index is 1.48. The normalized spacial score (nSPS) is 10.4. The molecule has 30 heavy (non-hydrogen) atoms. The maximum atomic E-state index is 6.01. The van der Waals surface area contributed by atoms with Gasteiger partial charge in [-0.1, -0.05) is 66.7 Å². The van der Waals surface area contributed by atoms with E-state index in [0.717, 1.165) is 33.9 Å². The summed E-state index contributed by atoms with van der Waals surface area (Å²) in [4.78, 5) is 0. The zero-order valence-corrected chi connectivity index (χ0v) is 16.7. The highest BCUT2D eigenvalue weighted by Gasteiger charge is 2.08. The fourth-order valence-electron chi connectivity index (χ4n) is 3.08. The van der Waals surface area contributed by atoms with E-state index in [1.54, 1.807) is 0 Å². The summed E-state index contributed by atoms with van der Waals surface area (Å²) in [5.41, 5.74) is 3.27. The average Bonchev–Trinajstić information content (AvgIpc) is 2.82. The second kappa shape index (κ2) is 10.2. The molecule has 3 nitrogen and oxygen atoms in total. The molecule has 0 bridgehead atoms. The first-order valence-corrected chi connectivity index (χ1v) is 10.0. The predicted molar refractivity (Wildman–Crippen MR) is 119 cm³/mol. The van der Waals surface area contributed by atoms with Crippen LogP contribution >= 0.6 is 0 Å². The molecule has 150 valence electrons. The van der Waals surface area contributed by atoms with Crippen LogP contribution in [0.5, 0.6) is 17.2 Å². The highest BCUT2D eigenvalue weighted by molar-refractivity contribution is 5.33. The van der Waals surface area contributed by atoms with Crippen molar-refractivity contribution in [1.29, 1.82) is 0 Å². The molecule has 0 saturated heterocycles. The van der Waals surface area contributed by atoms with Crippen molar-refractivity contribution in [2.24, 2.45) is 0 Å². The van der Waals surface area contributed by atoms with Crippen molar-refractivity contribution in [3.05, 3.63) is 126 Å². The lowest BCUT2D eigenvalue weighted by atomic mass is 10.0. The van der Waals surface area contributed by atoms with Crippen LogP contribution in [0.4, 0.5) is 0 Å². The van der Waals surface area contributed by atoms with Gasteiger partial charge in [0.25, 0.3) is 0 Å². The molecule has 0 atom stereocenters. The summed E-state index contributed by atoms with van der Waals surface area (Å²) in [6, 6.07) is 35.8. The summed E-state index contributed by atoms with van der Waals surface area (Å²) in [6.07, 6.45) is 0. The van der Waals surface area contributed by atoms with E-state index in [4.69, 9.17) is 14.2 Å². The van der Waals surface area contributed by atoms with E-state index in [1.807, 2.05) is 91.0 Å². The Morgan fingerprint density at radius 2 is 0.833 bits per heavy atom. The van der Waals surface area contributed by atoms with Gasteiger partial charge in [-0.2, -0.15) is 0 Å². The molecule has 0 fully saturated rings. The Hall–Kier alpha value is -3.72. The van der Waals surface area contributed by atoms with E-state index in [9.17, 15) is 0 Å². The van der Waals surface area contributed by atoms with Crippen molar-refractivity contribution in [2.45, 2.75) is 19.8 Å². The first-order chi connectivity index (χ1) is 14.9. The third kappa shape index (κ3) is 5.65. The molecule has 4 rings (SSSR count). The highest BCUT2D eigenvalue weighted by atomic mass is 16.5. The van der Waals surface area contributed by atoms with Gasteiger partial charge < -0.3 is 14.2 Å². The molecular weight excluding hydrogens is 372 g/mol. The Kier molecular flexibility index (Phi) is 6.64. The fraction of sp³-hybridized carbons (Fsp3) is 0.111. The molecule has 0 saturated carbocycles. The minimum absolute atomic E-state index is 0.469. The molecule has 0 N–H and O–H groups in total. The van der Waals surface area contributed by atoms with Gasteiger partial charge in [-0.25, -0.2) is 0 Å². The minimum Gasteiger partial charge on any atom is -0.489 e. The number of para-hydroxylation sites is 3. The minimum atomic E-state index is 0.469. The lowest BCUT2D eigenvalue weighted by Gasteiger charge is -2.15. The van der Waals surface area contributed by atoms with Crippen molar-refractivity contribution in [3.63, 3.8) is 0 Å². The van der Waals surface area contributed by atoms with Crippen LogP contribution in [0.3, 0.4) is 0 Å². The molecule has 0 spiro atoms. The van der Waals surface area contributed by atoms with Gasteiger partial charge >= 0.3 is 0 Å². The molecule has 0 aliphatic heterocycles. The van der Waals surface area contributed by atoms with Crippen LogP contribution in [-0.4, -0.2) is 0 Å². The fourth-order valence-corrected chi connectivity index (χ4v) is 3.08. The van der Waals surface area contributed by atoms with Crippen molar-refractivity contribution < 1.29 is 14.2 Å². The van der Waals surface area contributed by atoms with E-state index >= 15 is 0 Å². The summed E-state index contributed by atoms with van der Waals surface area (Å²) in [7, 11) is 0.